The van der Waals surface area contributed by atoms with Crippen molar-refractivity contribution in [2.75, 3.05) is 6.54 Å². The number of hydrogen-bond acceptors (Lipinski definition) is 1. The quantitative estimate of drug-likeness (QED) is 0.825. The van der Waals surface area contributed by atoms with Crippen LogP contribution in [0.15, 0.2) is 24.3 Å². The van der Waals surface area contributed by atoms with Crippen molar-refractivity contribution < 1.29 is 0 Å². The molecule has 1 nitrogen and oxygen atoms in total. The lowest BCUT2D eigenvalue weighted by Gasteiger charge is -2.34. The third-order valence-electron chi connectivity index (χ3n) is 5.38. The molecule has 0 bridgehead atoms. The predicted molar refractivity (Wildman–Crippen MR) is 72.0 cm³/mol. The SMILES string of the molecule is CC1(C)CC1(CN)C1CCCc2ccccc21. The Hall–Kier alpha value is -0.820. The lowest BCUT2D eigenvalue weighted by molar-refractivity contribution is 0.293. The van der Waals surface area contributed by atoms with Gasteiger partial charge >= 0.3 is 0 Å². The van der Waals surface area contributed by atoms with Gasteiger partial charge in [0.2, 0.25) is 0 Å². The smallest absolute Gasteiger partial charge is 0.000932 e. The van der Waals surface area contributed by atoms with E-state index in [2.05, 4.69) is 38.1 Å². The summed E-state index contributed by atoms with van der Waals surface area (Å²) in [6, 6.07) is 9.01. The van der Waals surface area contributed by atoms with Crippen molar-refractivity contribution in [2.45, 2.75) is 45.4 Å². The maximum absolute atomic E-state index is 6.13. The average molecular weight is 229 g/mol. The summed E-state index contributed by atoms with van der Waals surface area (Å²) in [5.74, 6) is 0.701. The summed E-state index contributed by atoms with van der Waals surface area (Å²) in [6.07, 6.45) is 5.22. The second kappa shape index (κ2) is 3.58. The molecule has 2 unspecified atom stereocenters. The van der Waals surface area contributed by atoms with Crippen LogP contribution in [0.3, 0.4) is 0 Å². The highest BCUT2D eigenvalue weighted by Gasteiger charge is 2.64. The van der Waals surface area contributed by atoms with Gasteiger partial charge in [0.25, 0.3) is 0 Å². The van der Waals surface area contributed by atoms with E-state index in [1.807, 2.05) is 0 Å². The molecule has 0 amide bonds. The third-order valence-corrected chi connectivity index (χ3v) is 5.38. The highest BCUT2D eigenvalue weighted by Crippen LogP contribution is 2.70. The number of aryl methyl sites for hydroxylation is 1. The minimum atomic E-state index is 0.378. The second-order valence-corrected chi connectivity index (χ2v) is 6.56. The molecule has 0 spiro atoms. The third kappa shape index (κ3) is 1.48. The number of nitrogens with two attached hydrogens (primary N) is 1. The Labute approximate surface area is 104 Å². The molecule has 1 fully saturated rings. The summed E-state index contributed by atoms with van der Waals surface area (Å²) in [7, 11) is 0. The maximum atomic E-state index is 6.13. The van der Waals surface area contributed by atoms with Crippen LogP contribution in [0.5, 0.6) is 0 Å². The molecule has 92 valence electrons. The zero-order valence-electron chi connectivity index (χ0n) is 11.0. The van der Waals surface area contributed by atoms with E-state index in [9.17, 15) is 0 Å². The molecular weight excluding hydrogens is 206 g/mol. The van der Waals surface area contributed by atoms with Gasteiger partial charge in [-0.25, -0.2) is 0 Å². The molecule has 1 heteroatoms. The summed E-state index contributed by atoms with van der Waals surface area (Å²) in [6.45, 7) is 5.62. The monoisotopic (exact) mass is 229 g/mol. The van der Waals surface area contributed by atoms with E-state index in [-0.39, 0.29) is 0 Å². The van der Waals surface area contributed by atoms with Gasteiger partial charge in [0, 0.05) is 0 Å². The Bertz CT molecular complexity index is 435. The van der Waals surface area contributed by atoms with E-state index >= 15 is 0 Å². The first-order valence-corrected chi connectivity index (χ1v) is 6.89. The standard InChI is InChI=1S/C16H23N/c1-15(2)10-16(15,11-17)14-9-5-7-12-6-3-4-8-13(12)14/h3-4,6,8,14H,5,7,9-11,17H2,1-2H3. The molecule has 1 aromatic carbocycles. The largest absolute Gasteiger partial charge is 0.330 e. The van der Waals surface area contributed by atoms with E-state index in [0.29, 0.717) is 16.7 Å². The molecule has 2 atom stereocenters. The van der Waals surface area contributed by atoms with Crippen LogP contribution >= 0.6 is 0 Å². The van der Waals surface area contributed by atoms with E-state index in [0.717, 1.165) is 6.54 Å². The lowest BCUT2D eigenvalue weighted by atomic mass is 9.71. The molecule has 1 saturated carbocycles. The minimum Gasteiger partial charge on any atom is -0.330 e. The Morgan fingerprint density at radius 3 is 2.65 bits per heavy atom. The van der Waals surface area contributed by atoms with Crippen LogP contribution in [0.25, 0.3) is 0 Å². The Kier molecular flexibility index (Phi) is 2.38. The molecule has 2 N–H and O–H groups in total. The maximum Gasteiger partial charge on any atom is -0.000932 e. The first-order valence-electron chi connectivity index (χ1n) is 6.89. The van der Waals surface area contributed by atoms with Crippen LogP contribution in [-0.2, 0) is 6.42 Å². The molecule has 3 rings (SSSR count). The minimum absolute atomic E-state index is 0.378. The van der Waals surface area contributed by atoms with Gasteiger partial charge in [0.05, 0.1) is 0 Å². The van der Waals surface area contributed by atoms with Crippen LogP contribution in [0, 0.1) is 10.8 Å². The van der Waals surface area contributed by atoms with Gasteiger partial charge in [-0.3, -0.25) is 0 Å². The summed E-state index contributed by atoms with van der Waals surface area (Å²) in [5.41, 5.74) is 10.1. The Balaban J connectivity index is 2.01. The molecule has 0 heterocycles. The summed E-state index contributed by atoms with van der Waals surface area (Å²) < 4.78 is 0. The van der Waals surface area contributed by atoms with Crippen LogP contribution in [0.2, 0.25) is 0 Å². The number of benzene rings is 1. The van der Waals surface area contributed by atoms with Crippen LogP contribution in [-0.4, -0.2) is 6.54 Å². The molecule has 0 saturated heterocycles. The van der Waals surface area contributed by atoms with E-state index in [4.69, 9.17) is 5.73 Å². The first kappa shape index (κ1) is 11.3. The van der Waals surface area contributed by atoms with Crippen molar-refractivity contribution in [1.82, 2.24) is 0 Å². The van der Waals surface area contributed by atoms with Crippen LogP contribution in [0.1, 0.15) is 50.2 Å². The van der Waals surface area contributed by atoms with Gasteiger partial charge in [-0.05, 0) is 60.1 Å². The van der Waals surface area contributed by atoms with E-state index in [1.54, 1.807) is 11.1 Å². The van der Waals surface area contributed by atoms with Crippen molar-refractivity contribution >= 4 is 0 Å². The first-order chi connectivity index (χ1) is 8.11. The van der Waals surface area contributed by atoms with Crippen LogP contribution < -0.4 is 5.73 Å². The van der Waals surface area contributed by atoms with Crippen molar-refractivity contribution in [3.8, 4) is 0 Å². The Morgan fingerprint density at radius 1 is 1.29 bits per heavy atom. The highest BCUT2D eigenvalue weighted by atomic mass is 14.8. The molecule has 0 aliphatic heterocycles. The molecule has 2 aliphatic rings. The highest BCUT2D eigenvalue weighted by molar-refractivity contribution is 5.37. The summed E-state index contributed by atoms with van der Waals surface area (Å²) in [5, 5.41) is 0. The average Bonchev–Trinajstić information content (AvgIpc) is 2.92. The van der Waals surface area contributed by atoms with Gasteiger partial charge in [-0.1, -0.05) is 38.1 Å². The molecule has 0 radical (unpaired) electrons. The number of fused-ring (bicyclic) bond motifs is 1. The molecular formula is C16H23N. The number of hydrogen-bond donors (Lipinski definition) is 1. The normalized spacial score (nSPS) is 34.2. The summed E-state index contributed by atoms with van der Waals surface area (Å²) in [4.78, 5) is 0. The van der Waals surface area contributed by atoms with Crippen molar-refractivity contribution in [2.24, 2.45) is 16.6 Å². The fourth-order valence-electron chi connectivity index (χ4n) is 4.16. The molecule has 17 heavy (non-hydrogen) atoms. The van der Waals surface area contributed by atoms with Gasteiger partial charge in [-0.15, -0.1) is 0 Å². The second-order valence-electron chi connectivity index (χ2n) is 6.56. The summed E-state index contributed by atoms with van der Waals surface area (Å²) >= 11 is 0. The van der Waals surface area contributed by atoms with E-state index in [1.165, 1.54) is 25.7 Å². The van der Waals surface area contributed by atoms with Gasteiger partial charge in [-0.2, -0.15) is 0 Å². The zero-order chi connectivity index (χ0) is 12.1. The van der Waals surface area contributed by atoms with Gasteiger partial charge in [0.15, 0.2) is 0 Å². The van der Waals surface area contributed by atoms with Crippen molar-refractivity contribution in [1.29, 1.82) is 0 Å². The zero-order valence-corrected chi connectivity index (χ0v) is 11.0. The molecule has 0 aromatic heterocycles. The van der Waals surface area contributed by atoms with Gasteiger partial charge in [0.1, 0.15) is 0 Å². The van der Waals surface area contributed by atoms with Crippen LogP contribution in [0.4, 0.5) is 0 Å². The van der Waals surface area contributed by atoms with Crippen molar-refractivity contribution in [3.05, 3.63) is 35.4 Å². The van der Waals surface area contributed by atoms with Gasteiger partial charge < -0.3 is 5.73 Å². The fraction of sp³-hybridized carbons (Fsp3) is 0.625. The number of rotatable bonds is 2. The lowest BCUT2D eigenvalue weighted by Crippen LogP contribution is -2.30. The molecule has 2 aliphatic carbocycles. The fourth-order valence-corrected chi connectivity index (χ4v) is 4.16. The molecule has 1 aromatic rings. The van der Waals surface area contributed by atoms with Crippen molar-refractivity contribution in [3.63, 3.8) is 0 Å². The predicted octanol–water partition coefficient (Wildman–Crippen LogP) is 3.48. The Morgan fingerprint density at radius 2 is 2.00 bits per heavy atom. The van der Waals surface area contributed by atoms with E-state index < -0.39 is 0 Å². The topological polar surface area (TPSA) is 26.0 Å².